The summed E-state index contributed by atoms with van der Waals surface area (Å²) in [6.45, 7) is 5.78. The van der Waals surface area contributed by atoms with Crippen LogP contribution in [-0.4, -0.2) is 65.5 Å². The Morgan fingerprint density at radius 1 is 1.34 bits per heavy atom. The first kappa shape index (κ1) is 22.1. The van der Waals surface area contributed by atoms with E-state index in [2.05, 4.69) is 25.6 Å². The zero-order valence-corrected chi connectivity index (χ0v) is 18.5. The lowest BCUT2D eigenvalue weighted by Gasteiger charge is -2.34. The largest absolute Gasteiger partial charge is 0.391 e. The van der Waals surface area contributed by atoms with Crippen LogP contribution in [0.3, 0.4) is 0 Å². The molecular formula is C21H29N7O4. The number of aromatic amines is 1. The van der Waals surface area contributed by atoms with E-state index in [4.69, 9.17) is 0 Å². The number of hydrogen-bond donors (Lipinski definition) is 3. The second-order valence-corrected chi connectivity index (χ2v) is 9.64. The van der Waals surface area contributed by atoms with Gasteiger partial charge in [-0.05, 0) is 18.3 Å². The van der Waals surface area contributed by atoms with E-state index in [1.54, 1.807) is 4.68 Å². The number of hydrogen-bond acceptors (Lipinski definition) is 7. The first-order valence-electron chi connectivity index (χ1n) is 10.9. The Bertz CT molecular complexity index is 1050. The van der Waals surface area contributed by atoms with Gasteiger partial charge in [-0.2, -0.15) is 0 Å². The molecule has 1 saturated heterocycles. The molecule has 2 amide bonds. The van der Waals surface area contributed by atoms with Crippen molar-refractivity contribution >= 4 is 11.8 Å². The minimum absolute atomic E-state index is 0.0534. The molecule has 11 heteroatoms. The number of nitrogens with one attached hydrogen (secondary N) is 2. The molecule has 11 nitrogen and oxygen atoms in total. The maximum atomic E-state index is 13.7. The summed E-state index contributed by atoms with van der Waals surface area (Å²) in [7, 11) is 0. The van der Waals surface area contributed by atoms with Crippen LogP contribution in [0.1, 0.15) is 63.4 Å². The van der Waals surface area contributed by atoms with E-state index in [1.165, 1.54) is 17.3 Å². The molecule has 0 unspecified atom stereocenters. The molecule has 2 fully saturated rings. The predicted molar refractivity (Wildman–Crippen MR) is 113 cm³/mol. The van der Waals surface area contributed by atoms with E-state index in [1.807, 2.05) is 27.0 Å². The van der Waals surface area contributed by atoms with Crippen molar-refractivity contribution in [3.8, 4) is 0 Å². The van der Waals surface area contributed by atoms with Gasteiger partial charge in [0.15, 0.2) is 0 Å². The van der Waals surface area contributed by atoms with Crippen LogP contribution in [0.2, 0.25) is 0 Å². The van der Waals surface area contributed by atoms with Gasteiger partial charge in [-0.1, -0.05) is 26.0 Å². The van der Waals surface area contributed by atoms with Gasteiger partial charge < -0.3 is 20.3 Å². The Kier molecular flexibility index (Phi) is 5.85. The molecule has 32 heavy (non-hydrogen) atoms. The zero-order chi connectivity index (χ0) is 23.0. The lowest BCUT2D eigenvalue weighted by atomic mass is 9.85. The lowest BCUT2D eigenvalue weighted by molar-refractivity contribution is -0.144. The normalized spacial score (nSPS) is 22.1. The third kappa shape index (κ3) is 4.57. The Hall–Kier alpha value is -3.08. The molecule has 1 aliphatic carbocycles. The molecule has 2 aliphatic rings. The smallest absolute Gasteiger partial charge is 0.271 e. The van der Waals surface area contributed by atoms with Crippen LogP contribution in [0.4, 0.5) is 0 Å². The van der Waals surface area contributed by atoms with Crippen LogP contribution in [-0.2, 0) is 16.1 Å². The molecule has 2 aromatic rings. The molecule has 2 aromatic heterocycles. The summed E-state index contributed by atoms with van der Waals surface area (Å²) in [5, 5.41) is 21.4. The van der Waals surface area contributed by atoms with Crippen LogP contribution in [0.5, 0.6) is 0 Å². The Labute approximate surface area is 185 Å². The van der Waals surface area contributed by atoms with Gasteiger partial charge in [0.1, 0.15) is 17.8 Å². The van der Waals surface area contributed by atoms with Crippen molar-refractivity contribution in [3.05, 3.63) is 40.3 Å². The molecular weight excluding hydrogens is 414 g/mol. The Balaban J connectivity index is 1.53. The number of aliphatic hydroxyl groups excluding tert-OH is 1. The highest BCUT2D eigenvalue weighted by molar-refractivity contribution is 5.90. The van der Waals surface area contributed by atoms with Crippen LogP contribution in [0, 0.1) is 5.41 Å². The zero-order valence-electron chi connectivity index (χ0n) is 18.5. The molecule has 0 spiro atoms. The highest BCUT2D eigenvalue weighted by Gasteiger charge is 2.45. The molecule has 3 atom stereocenters. The van der Waals surface area contributed by atoms with Crippen molar-refractivity contribution in [1.82, 2.24) is 35.2 Å². The minimum Gasteiger partial charge on any atom is -0.391 e. The summed E-state index contributed by atoms with van der Waals surface area (Å²) < 4.78 is 1.59. The summed E-state index contributed by atoms with van der Waals surface area (Å²) in [6, 6.07) is -1.53. The monoisotopic (exact) mass is 443 g/mol. The lowest BCUT2D eigenvalue weighted by Crippen LogP contribution is -2.50. The fourth-order valence-electron chi connectivity index (χ4n) is 4.12. The summed E-state index contributed by atoms with van der Waals surface area (Å²) in [5.74, 6) is -0.330. The standard InChI is InChI=1S/C21H29N7O4/c1-21(2,3)17(28-11-15(25-26-28)12-4-5-12)20(32)27-10-13(29)8-16(27)19(31)24-9-14-18(30)23-7-6-22-14/h6-7,11-13,16-17,29H,4-5,8-10H2,1-3H3,(H,23,30)(H,24,31)/t13-,16+,17-/m1/s1. The van der Waals surface area contributed by atoms with Gasteiger partial charge in [0.2, 0.25) is 11.8 Å². The SMILES string of the molecule is CC(C)(C)[C@@H](C(=O)N1C[C@H](O)C[C@H]1C(=O)NCc1ncc[nH]c1=O)n1cc(C2CC2)nn1. The molecule has 3 heterocycles. The van der Waals surface area contributed by atoms with Crippen molar-refractivity contribution in [2.75, 3.05) is 6.54 Å². The molecule has 0 radical (unpaired) electrons. The van der Waals surface area contributed by atoms with Gasteiger partial charge in [-0.15, -0.1) is 5.10 Å². The van der Waals surface area contributed by atoms with Crippen molar-refractivity contribution in [1.29, 1.82) is 0 Å². The predicted octanol–water partition coefficient (Wildman–Crippen LogP) is 0.104. The fourth-order valence-corrected chi connectivity index (χ4v) is 4.12. The quantitative estimate of drug-likeness (QED) is 0.574. The van der Waals surface area contributed by atoms with E-state index in [0.717, 1.165) is 18.5 Å². The average molecular weight is 444 g/mol. The average Bonchev–Trinajstić information content (AvgIpc) is 3.34. The maximum absolute atomic E-state index is 13.7. The van der Waals surface area contributed by atoms with Crippen LogP contribution in [0.15, 0.2) is 23.4 Å². The number of carbonyl (C=O) groups is 2. The van der Waals surface area contributed by atoms with Crippen LogP contribution in [0.25, 0.3) is 0 Å². The van der Waals surface area contributed by atoms with Gasteiger partial charge >= 0.3 is 0 Å². The van der Waals surface area contributed by atoms with E-state index in [0.29, 0.717) is 5.92 Å². The molecule has 4 rings (SSSR count). The van der Waals surface area contributed by atoms with Crippen molar-refractivity contribution in [2.24, 2.45) is 5.41 Å². The van der Waals surface area contributed by atoms with E-state index in [9.17, 15) is 19.5 Å². The molecule has 0 bridgehead atoms. The van der Waals surface area contributed by atoms with E-state index < -0.39 is 35.1 Å². The number of nitrogens with zero attached hydrogens (tertiary/aromatic N) is 5. The Morgan fingerprint density at radius 2 is 2.09 bits per heavy atom. The molecule has 1 saturated carbocycles. The van der Waals surface area contributed by atoms with Crippen molar-refractivity contribution in [2.45, 2.75) is 70.7 Å². The van der Waals surface area contributed by atoms with Crippen molar-refractivity contribution < 1.29 is 14.7 Å². The van der Waals surface area contributed by atoms with Gasteiger partial charge in [-0.3, -0.25) is 19.4 Å². The third-order valence-electron chi connectivity index (χ3n) is 5.92. The number of carbonyl (C=O) groups excluding carboxylic acids is 2. The van der Waals surface area contributed by atoms with Crippen LogP contribution < -0.4 is 10.9 Å². The van der Waals surface area contributed by atoms with E-state index in [-0.39, 0.29) is 31.1 Å². The first-order chi connectivity index (χ1) is 15.1. The number of likely N-dealkylation sites (tertiary alicyclic amines) is 1. The number of aliphatic hydroxyl groups is 1. The fraction of sp³-hybridized carbons (Fsp3) is 0.619. The first-order valence-corrected chi connectivity index (χ1v) is 10.9. The number of rotatable bonds is 6. The highest BCUT2D eigenvalue weighted by atomic mass is 16.3. The van der Waals surface area contributed by atoms with Gasteiger partial charge in [0.05, 0.1) is 18.3 Å². The topological polar surface area (TPSA) is 146 Å². The minimum atomic E-state index is -0.850. The molecule has 1 aliphatic heterocycles. The van der Waals surface area contributed by atoms with Crippen molar-refractivity contribution in [3.63, 3.8) is 0 Å². The second kappa shape index (κ2) is 8.45. The second-order valence-electron chi connectivity index (χ2n) is 9.64. The molecule has 3 N–H and O–H groups in total. The number of amides is 2. The summed E-state index contributed by atoms with van der Waals surface area (Å²) >= 11 is 0. The number of H-pyrrole nitrogens is 1. The maximum Gasteiger partial charge on any atom is 0.271 e. The highest BCUT2D eigenvalue weighted by Crippen LogP contribution is 2.40. The molecule has 0 aromatic carbocycles. The summed E-state index contributed by atoms with van der Waals surface area (Å²) in [6.07, 6.45) is 6.12. The molecule has 172 valence electrons. The summed E-state index contributed by atoms with van der Waals surface area (Å²) in [4.78, 5) is 46.2. The summed E-state index contributed by atoms with van der Waals surface area (Å²) in [5.41, 5.74) is 0.155. The van der Waals surface area contributed by atoms with E-state index >= 15 is 0 Å². The number of aromatic nitrogens is 5. The van der Waals surface area contributed by atoms with Gasteiger partial charge in [-0.25, -0.2) is 4.68 Å². The Morgan fingerprint density at radius 3 is 2.75 bits per heavy atom. The third-order valence-corrected chi connectivity index (χ3v) is 5.92. The van der Waals surface area contributed by atoms with Crippen LogP contribution >= 0.6 is 0 Å². The van der Waals surface area contributed by atoms with Gasteiger partial charge in [0.25, 0.3) is 5.56 Å². The van der Waals surface area contributed by atoms with Gasteiger partial charge in [0, 0.05) is 37.5 Å². The number of β-amino-alcohol motifs (C(OH)–C–C–N with tert-alkyl or cyclic N) is 1.